The normalized spacial score (nSPS) is 13.8. The summed E-state index contributed by atoms with van der Waals surface area (Å²) in [5.41, 5.74) is 0. The van der Waals surface area contributed by atoms with E-state index in [1.54, 1.807) is 0 Å². The van der Waals surface area contributed by atoms with Crippen molar-refractivity contribution >= 4 is 17.9 Å². The number of carbonyl (C=O) groups excluding carboxylic acids is 3. The van der Waals surface area contributed by atoms with Crippen molar-refractivity contribution in [3.8, 4) is 0 Å². The Kier molecular flexibility index (Phi) is 74.7. The molecule has 0 aromatic carbocycles. The van der Waals surface area contributed by atoms with Crippen LogP contribution in [0.15, 0.2) is 207 Å². The number of carboxylic acid groups (broad SMARTS) is 1. The van der Waals surface area contributed by atoms with E-state index in [4.69, 9.17) is 18.9 Å². The molecule has 0 amide bonds. The van der Waals surface area contributed by atoms with Crippen LogP contribution in [-0.4, -0.2) is 82.3 Å². The minimum atomic E-state index is -1.65. The molecule has 568 valence electrons. The Bertz CT molecular complexity index is 2420. The molecule has 0 bridgehead atoms. The topological polar surface area (TPSA) is 111 Å². The fraction of sp³-hybridized carbons (Fsp3) is 0.598. The van der Waals surface area contributed by atoms with E-state index < -0.39 is 24.3 Å². The van der Waals surface area contributed by atoms with E-state index in [-0.39, 0.29) is 38.6 Å². The first kappa shape index (κ1) is 94.9. The first-order valence-electron chi connectivity index (χ1n) is 40.2. The molecule has 0 saturated carbocycles. The monoisotopic (exact) mass is 1390 g/mol. The maximum Gasteiger partial charge on any atom is 0.306 e. The zero-order valence-electron chi connectivity index (χ0n) is 64.9. The summed E-state index contributed by atoms with van der Waals surface area (Å²) in [5.74, 6) is -2.35. The molecule has 0 aliphatic carbocycles. The molecular weight excluding hydrogens is 1250 g/mol. The summed E-state index contributed by atoms with van der Waals surface area (Å²) in [6.07, 6.45) is 121. The smallest absolute Gasteiger partial charge is 0.306 e. The molecule has 2 unspecified atom stereocenters. The third kappa shape index (κ3) is 81.0. The maximum atomic E-state index is 13.0. The second-order valence-corrected chi connectivity index (χ2v) is 27.2. The van der Waals surface area contributed by atoms with Crippen molar-refractivity contribution in [1.82, 2.24) is 0 Å². The van der Waals surface area contributed by atoms with Crippen LogP contribution in [0.2, 0.25) is 0 Å². The van der Waals surface area contributed by atoms with Gasteiger partial charge in [-0.2, -0.15) is 0 Å². The molecule has 0 aromatic rings. The Morgan fingerprint density at radius 3 is 0.812 bits per heavy atom. The van der Waals surface area contributed by atoms with E-state index in [2.05, 4.69) is 220 Å². The van der Waals surface area contributed by atoms with E-state index >= 15 is 0 Å². The number of rotatable bonds is 72. The van der Waals surface area contributed by atoms with Crippen LogP contribution < -0.4 is 5.11 Å². The van der Waals surface area contributed by atoms with Crippen molar-refractivity contribution in [3.05, 3.63) is 207 Å². The molecule has 0 fully saturated rings. The Labute approximate surface area is 620 Å². The van der Waals surface area contributed by atoms with E-state index in [0.29, 0.717) is 17.4 Å². The zero-order chi connectivity index (χ0) is 73.2. The van der Waals surface area contributed by atoms with Gasteiger partial charge in [-0.25, -0.2) is 0 Å². The number of likely N-dealkylation sites (N-methyl/N-ethyl adjacent to an activating group) is 1. The van der Waals surface area contributed by atoms with Crippen LogP contribution in [0.25, 0.3) is 0 Å². The van der Waals surface area contributed by atoms with Crippen LogP contribution in [0.1, 0.15) is 296 Å². The van der Waals surface area contributed by atoms with Gasteiger partial charge in [0.15, 0.2) is 12.4 Å². The minimum absolute atomic E-state index is 0.130. The number of hydrogen-bond donors (Lipinski definition) is 0. The van der Waals surface area contributed by atoms with E-state index in [9.17, 15) is 19.5 Å². The molecule has 0 N–H and O–H groups in total. The van der Waals surface area contributed by atoms with Gasteiger partial charge >= 0.3 is 11.9 Å². The molecule has 0 aliphatic rings. The van der Waals surface area contributed by atoms with Crippen molar-refractivity contribution < 1.29 is 42.9 Å². The van der Waals surface area contributed by atoms with Gasteiger partial charge in [0, 0.05) is 12.8 Å². The van der Waals surface area contributed by atoms with Gasteiger partial charge in [-0.05, 0) is 148 Å². The molecule has 0 aromatic heterocycles. The highest BCUT2D eigenvalue weighted by molar-refractivity contribution is 5.70. The van der Waals surface area contributed by atoms with Gasteiger partial charge in [0.25, 0.3) is 0 Å². The van der Waals surface area contributed by atoms with Gasteiger partial charge in [-0.15, -0.1) is 0 Å². The Morgan fingerprint density at radius 1 is 0.297 bits per heavy atom. The van der Waals surface area contributed by atoms with Gasteiger partial charge in [0.2, 0.25) is 0 Å². The molecular formula is C92H147NO8. The van der Waals surface area contributed by atoms with E-state index in [1.807, 2.05) is 21.1 Å². The maximum absolute atomic E-state index is 13.0. The lowest BCUT2D eigenvalue weighted by Gasteiger charge is -2.26. The van der Waals surface area contributed by atoms with E-state index in [1.165, 1.54) is 122 Å². The number of esters is 2. The Morgan fingerprint density at radius 2 is 0.535 bits per heavy atom. The van der Waals surface area contributed by atoms with Crippen LogP contribution in [0.3, 0.4) is 0 Å². The highest BCUT2D eigenvalue weighted by atomic mass is 16.7. The number of hydrogen-bond acceptors (Lipinski definition) is 8. The van der Waals surface area contributed by atoms with Gasteiger partial charge in [0.1, 0.15) is 13.2 Å². The molecule has 0 radical (unpaired) electrons. The van der Waals surface area contributed by atoms with Gasteiger partial charge in [-0.3, -0.25) is 9.59 Å². The second kappa shape index (κ2) is 79.6. The summed E-state index contributed by atoms with van der Waals surface area (Å²) < 4.78 is 22.8. The first-order valence-corrected chi connectivity index (χ1v) is 40.2. The van der Waals surface area contributed by atoms with E-state index in [0.717, 1.165) is 141 Å². The average molecular weight is 1400 g/mol. The first-order chi connectivity index (χ1) is 49.6. The summed E-state index contributed by atoms with van der Waals surface area (Å²) in [6.45, 7) is 4.47. The highest BCUT2D eigenvalue weighted by Gasteiger charge is 2.22. The van der Waals surface area contributed by atoms with Gasteiger partial charge in [-0.1, -0.05) is 342 Å². The Balaban J connectivity index is 4.16. The second-order valence-electron chi connectivity index (χ2n) is 27.2. The largest absolute Gasteiger partial charge is 0.545 e. The molecule has 2 atom stereocenters. The van der Waals surface area contributed by atoms with Crippen LogP contribution in [0.5, 0.6) is 0 Å². The van der Waals surface area contributed by atoms with Crippen molar-refractivity contribution in [2.75, 3.05) is 47.5 Å². The fourth-order valence-electron chi connectivity index (χ4n) is 10.5. The quantitative estimate of drug-likeness (QED) is 0.0195. The molecule has 0 rings (SSSR count). The number of allylic oxidation sites excluding steroid dienone is 34. The molecule has 0 spiro atoms. The zero-order valence-corrected chi connectivity index (χ0v) is 64.9. The summed E-state index contributed by atoms with van der Waals surface area (Å²) in [5, 5.41) is 11.9. The SMILES string of the molecule is CC/C=C\C/C=C\C/C=C\C/C=C\C/C=C\C/C=C\C/C=C\C/C=C\C/C=C\C/C=C\C/C=C\C/C=C\CCCCC(=O)OC(COC(=O)CCCCCCCCCCCCCCCCCCCCCCC/C=C\C/C=C\C/C=C\C/C=C\C/C=C\CC)COC(OCC[N+](C)(C)C)C(=O)[O-]. The molecule has 0 heterocycles. The molecule has 9 heteroatoms. The van der Waals surface area contributed by atoms with Crippen LogP contribution in [0.4, 0.5) is 0 Å². The molecule has 0 saturated heterocycles. The van der Waals surface area contributed by atoms with Crippen molar-refractivity contribution in [2.45, 2.75) is 309 Å². The van der Waals surface area contributed by atoms with Gasteiger partial charge in [0.05, 0.1) is 40.3 Å². The lowest BCUT2D eigenvalue weighted by molar-refractivity contribution is -0.870. The lowest BCUT2D eigenvalue weighted by Crippen LogP contribution is -2.44. The lowest BCUT2D eigenvalue weighted by atomic mass is 10.0. The van der Waals surface area contributed by atoms with Crippen molar-refractivity contribution in [2.24, 2.45) is 0 Å². The number of ether oxygens (including phenoxy) is 4. The minimum Gasteiger partial charge on any atom is -0.545 e. The predicted octanol–water partition coefficient (Wildman–Crippen LogP) is 24.9. The van der Waals surface area contributed by atoms with Crippen LogP contribution >= 0.6 is 0 Å². The predicted molar refractivity (Wildman–Crippen MR) is 434 cm³/mol. The van der Waals surface area contributed by atoms with Crippen molar-refractivity contribution in [1.29, 1.82) is 0 Å². The molecule has 101 heavy (non-hydrogen) atoms. The standard InChI is InChI=1S/C92H147NO8/c1-6-8-10-12-14-16-18-20-22-24-26-28-30-32-34-36-38-40-42-44-45-47-49-51-53-55-57-59-61-63-65-67-69-71-73-75-77-79-81-83-90(95)101-88(87-100-92(91(96)97)98-85-84-93(3,4)5)86-99-89(94)82-80-78-76-74-72-70-68-66-64-62-60-58-56-54-52-50-48-46-43-41-39-37-35-33-31-29-27-25-23-21-19-17-15-13-11-9-7-2/h8-11,14-17,20-23,26-29,32-35,38,40,44-45,49,51,55,57,61,63,67,69,73,75,88,92H,6-7,12-13,18-19,24-25,30-31,36-37,39,41-43,46-48,50,52-54,56,58-60,62,64-66,68,70-72,74,76-87H2,1-5H3/b10-8-,11-9-,16-14-,17-15-,22-20-,23-21-,28-26-,29-27-,34-32-,35-33-,40-38-,45-44-,51-49-,57-55-,63-61-,69-67-,75-73-. The summed E-state index contributed by atoms with van der Waals surface area (Å²) in [7, 11) is 5.91. The highest BCUT2D eigenvalue weighted by Crippen LogP contribution is 2.17. The van der Waals surface area contributed by atoms with Crippen molar-refractivity contribution in [3.63, 3.8) is 0 Å². The number of nitrogens with zero attached hydrogens (tertiary/aromatic N) is 1. The number of carbonyl (C=O) groups is 3. The molecule has 0 aliphatic heterocycles. The summed E-state index contributed by atoms with van der Waals surface area (Å²) in [4.78, 5) is 37.6. The van der Waals surface area contributed by atoms with Crippen LogP contribution in [-0.2, 0) is 33.3 Å². The van der Waals surface area contributed by atoms with Crippen LogP contribution in [0, 0.1) is 0 Å². The number of aliphatic carboxylic acids is 1. The number of quaternary nitrogens is 1. The molecule has 9 nitrogen and oxygen atoms in total. The summed E-state index contributed by atoms with van der Waals surface area (Å²) in [6, 6.07) is 0. The third-order valence-corrected chi connectivity index (χ3v) is 16.5. The number of unbranched alkanes of at least 4 members (excludes halogenated alkanes) is 23. The Hall–Kier alpha value is -6.13. The fourth-order valence-corrected chi connectivity index (χ4v) is 10.5. The summed E-state index contributed by atoms with van der Waals surface area (Å²) >= 11 is 0. The van der Waals surface area contributed by atoms with Gasteiger partial charge < -0.3 is 33.3 Å². The number of carboxylic acids is 1. The average Bonchev–Trinajstić information content (AvgIpc) is 1.21. The third-order valence-electron chi connectivity index (χ3n) is 16.5.